The fourth-order valence-corrected chi connectivity index (χ4v) is 3.27. The van der Waals surface area contributed by atoms with Crippen LogP contribution in [0.4, 0.5) is 4.79 Å². The molecule has 1 unspecified atom stereocenters. The van der Waals surface area contributed by atoms with Gasteiger partial charge in [0.2, 0.25) is 0 Å². The largest absolute Gasteiger partial charge is 0.467 e. The first-order chi connectivity index (χ1) is 14.4. The molecular formula is C20H37NO9. The van der Waals surface area contributed by atoms with Gasteiger partial charge in [0.25, 0.3) is 0 Å². The molecule has 0 saturated heterocycles. The Bertz CT molecular complexity index is 491. The van der Waals surface area contributed by atoms with E-state index in [1.807, 2.05) is 6.92 Å². The highest BCUT2D eigenvalue weighted by Gasteiger charge is 2.40. The summed E-state index contributed by atoms with van der Waals surface area (Å²) >= 11 is 0. The summed E-state index contributed by atoms with van der Waals surface area (Å²) in [5, 5.41) is 21.7. The predicted molar refractivity (Wildman–Crippen MR) is 107 cm³/mol. The van der Waals surface area contributed by atoms with Crippen molar-refractivity contribution in [3.8, 4) is 0 Å². The average molecular weight is 436 g/mol. The van der Waals surface area contributed by atoms with Crippen molar-refractivity contribution in [2.75, 3.05) is 59.9 Å². The number of alkyl carbamates (subject to hydrolysis) is 1. The molecule has 0 aromatic rings. The van der Waals surface area contributed by atoms with Crippen LogP contribution in [0.15, 0.2) is 0 Å². The van der Waals surface area contributed by atoms with E-state index in [4.69, 9.17) is 28.8 Å². The number of aliphatic hydroxyl groups excluding tert-OH is 1. The standard InChI is InChI=1S/C20H37NO9/c1-16-4-3-6-20(25,18(23)26-2)7-5-17(16)30-19(24)21-8-10-27-12-14-29-15-13-28-11-9-22/h16-17,22,25H,3-15H2,1-2H3,(H,21,24)/t16?,17-,20+/m1/s1. The molecule has 0 bridgehead atoms. The molecule has 1 aliphatic rings. The van der Waals surface area contributed by atoms with Gasteiger partial charge in [-0.15, -0.1) is 0 Å². The van der Waals surface area contributed by atoms with Crippen LogP contribution in [0.5, 0.6) is 0 Å². The molecule has 10 nitrogen and oxygen atoms in total. The van der Waals surface area contributed by atoms with Crippen molar-refractivity contribution in [1.82, 2.24) is 5.32 Å². The minimum Gasteiger partial charge on any atom is -0.467 e. The zero-order valence-corrected chi connectivity index (χ0v) is 18.1. The van der Waals surface area contributed by atoms with Gasteiger partial charge in [-0.25, -0.2) is 9.59 Å². The van der Waals surface area contributed by atoms with E-state index in [2.05, 4.69) is 5.32 Å². The highest BCUT2D eigenvalue weighted by molar-refractivity contribution is 5.79. The van der Waals surface area contributed by atoms with Crippen molar-refractivity contribution >= 4 is 12.1 Å². The van der Waals surface area contributed by atoms with E-state index in [9.17, 15) is 14.7 Å². The predicted octanol–water partition coefficient (Wildman–Crippen LogP) is 0.628. The van der Waals surface area contributed by atoms with Crippen LogP contribution in [0.25, 0.3) is 0 Å². The molecule has 1 aliphatic carbocycles. The lowest BCUT2D eigenvalue weighted by Gasteiger charge is -2.33. The van der Waals surface area contributed by atoms with Crippen LogP contribution in [0, 0.1) is 5.92 Å². The molecule has 0 heterocycles. The fraction of sp³-hybridized carbons (Fsp3) is 0.900. The molecule has 30 heavy (non-hydrogen) atoms. The minimum absolute atomic E-state index is 0.00604. The van der Waals surface area contributed by atoms with Gasteiger partial charge in [0.05, 0.1) is 53.4 Å². The van der Waals surface area contributed by atoms with Crippen molar-refractivity contribution in [3.63, 3.8) is 0 Å². The summed E-state index contributed by atoms with van der Waals surface area (Å²) in [6, 6.07) is 0. The van der Waals surface area contributed by atoms with E-state index in [0.717, 1.165) is 6.42 Å². The summed E-state index contributed by atoms with van der Waals surface area (Å²) < 4.78 is 25.9. The maximum absolute atomic E-state index is 12.1. The summed E-state index contributed by atoms with van der Waals surface area (Å²) in [7, 11) is 1.25. The van der Waals surface area contributed by atoms with E-state index in [0.29, 0.717) is 65.4 Å². The third kappa shape index (κ3) is 10.5. The number of methoxy groups -OCH3 is 1. The Morgan fingerprint density at radius 2 is 1.63 bits per heavy atom. The van der Waals surface area contributed by atoms with E-state index >= 15 is 0 Å². The Kier molecular flexibility index (Phi) is 13.6. The van der Waals surface area contributed by atoms with Gasteiger partial charge >= 0.3 is 12.1 Å². The number of ether oxygens (including phenoxy) is 5. The molecule has 0 radical (unpaired) electrons. The molecule has 0 aromatic carbocycles. The van der Waals surface area contributed by atoms with Crippen LogP contribution in [0.2, 0.25) is 0 Å². The fourth-order valence-electron chi connectivity index (χ4n) is 3.27. The summed E-state index contributed by atoms with van der Waals surface area (Å²) in [5.41, 5.74) is -1.52. The number of esters is 1. The Morgan fingerprint density at radius 1 is 1.00 bits per heavy atom. The molecule has 1 fully saturated rings. The van der Waals surface area contributed by atoms with Crippen LogP contribution in [0.1, 0.15) is 39.0 Å². The van der Waals surface area contributed by atoms with Gasteiger partial charge < -0.3 is 39.2 Å². The average Bonchev–Trinajstić information content (AvgIpc) is 2.73. The normalized spacial score (nSPS) is 24.5. The van der Waals surface area contributed by atoms with Gasteiger partial charge in [-0.05, 0) is 38.0 Å². The van der Waals surface area contributed by atoms with Gasteiger partial charge in [-0.3, -0.25) is 0 Å². The molecule has 1 rings (SSSR count). The Morgan fingerprint density at radius 3 is 2.27 bits per heavy atom. The maximum Gasteiger partial charge on any atom is 0.407 e. The minimum atomic E-state index is -1.52. The molecule has 0 spiro atoms. The number of amides is 1. The highest BCUT2D eigenvalue weighted by atomic mass is 16.6. The Labute approximate surface area is 178 Å². The summed E-state index contributed by atoms with van der Waals surface area (Å²) in [6.07, 6.45) is 1.38. The highest BCUT2D eigenvalue weighted by Crippen LogP contribution is 2.31. The molecular weight excluding hydrogens is 398 g/mol. The zero-order chi connectivity index (χ0) is 22.2. The second-order valence-corrected chi connectivity index (χ2v) is 7.36. The van der Waals surface area contributed by atoms with Crippen molar-refractivity contribution < 1.29 is 43.5 Å². The van der Waals surface area contributed by atoms with Gasteiger partial charge in [0.15, 0.2) is 5.60 Å². The van der Waals surface area contributed by atoms with Gasteiger partial charge in [0.1, 0.15) is 6.10 Å². The summed E-state index contributed by atoms with van der Waals surface area (Å²) in [6.45, 7) is 4.56. The van der Waals surface area contributed by atoms with E-state index in [1.54, 1.807) is 0 Å². The van der Waals surface area contributed by atoms with Crippen molar-refractivity contribution in [2.24, 2.45) is 5.92 Å². The van der Waals surface area contributed by atoms with Gasteiger partial charge in [-0.2, -0.15) is 0 Å². The number of carbonyl (C=O) groups is 2. The molecule has 0 aromatic heterocycles. The number of rotatable bonds is 13. The second kappa shape index (κ2) is 15.4. The van der Waals surface area contributed by atoms with Crippen molar-refractivity contribution in [2.45, 2.75) is 50.7 Å². The molecule has 1 amide bonds. The second-order valence-electron chi connectivity index (χ2n) is 7.36. The van der Waals surface area contributed by atoms with Gasteiger partial charge in [0, 0.05) is 6.54 Å². The van der Waals surface area contributed by atoms with E-state index in [-0.39, 0.29) is 25.0 Å². The first-order valence-corrected chi connectivity index (χ1v) is 10.5. The number of carbonyl (C=O) groups excluding carboxylic acids is 2. The molecule has 176 valence electrons. The monoisotopic (exact) mass is 435 g/mol. The molecule has 0 aliphatic heterocycles. The Hall–Kier alpha value is -1.46. The summed E-state index contributed by atoms with van der Waals surface area (Å²) in [4.78, 5) is 23.9. The zero-order valence-electron chi connectivity index (χ0n) is 18.1. The lowest BCUT2D eigenvalue weighted by atomic mass is 9.82. The van der Waals surface area contributed by atoms with Crippen LogP contribution in [-0.2, 0) is 28.5 Å². The molecule has 3 N–H and O–H groups in total. The van der Waals surface area contributed by atoms with Crippen molar-refractivity contribution in [1.29, 1.82) is 0 Å². The first kappa shape index (κ1) is 26.6. The third-order valence-corrected chi connectivity index (χ3v) is 5.05. The molecule has 1 saturated carbocycles. The topological polar surface area (TPSA) is 133 Å². The smallest absolute Gasteiger partial charge is 0.407 e. The van der Waals surface area contributed by atoms with Crippen LogP contribution in [-0.4, -0.2) is 93.9 Å². The van der Waals surface area contributed by atoms with E-state index < -0.39 is 17.7 Å². The third-order valence-electron chi connectivity index (χ3n) is 5.05. The molecule has 3 atom stereocenters. The number of aliphatic hydroxyl groups is 2. The SMILES string of the molecule is COC(=O)[C@]1(O)CCCC(C)[C@H](OC(=O)NCCOCCOCCOCCO)CC1. The number of hydrogen-bond acceptors (Lipinski definition) is 9. The van der Waals surface area contributed by atoms with Crippen LogP contribution < -0.4 is 5.32 Å². The number of hydrogen-bond donors (Lipinski definition) is 3. The van der Waals surface area contributed by atoms with Crippen LogP contribution >= 0.6 is 0 Å². The van der Waals surface area contributed by atoms with Gasteiger partial charge in [-0.1, -0.05) is 6.92 Å². The number of nitrogens with one attached hydrogen (secondary N) is 1. The van der Waals surface area contributed by atoms with E-state index in [1.165, 1.54) is 7.11 Å². The lowest BCUT2D eigenvalue weighted by Crippen LogP contribution is -2.43. The van der Waals surface area contributed by atoms with Crippen LogP contribution in [0.3, 0.4) is 0 Å². The Balaban J connectivity index is 2.18. The summed E-state index contributed by atoms with van der Waals surface area (Å²) in [5.74, 6) is -0.508. The lowest BCUT2D eigenvalue weighted by molar-refractivity contribution is -0.165. The quantitative estimate of drug-likeness (QED) is 0.281. The first-order valence-electron chi connectivity index (χ1n) is 10.5. The maximum atomic E-state index is 12.1. The van der Waals surface area contributed by atoms with Crippen molar-refractivity contribution in [3.05, 3.63) is 0 Å². The molecule has 10 heteroatoms.